The summed E-state index contributed by atoms with van der Waals surface area (Å²) in [5, 5.41) is 5.90. The molecule has 53 heavy (non-hydrogen) atoms. The SMILES string of the molecule is CCN(CC)c1ccc2c(COC(=O)c3cc(-c4ccc([C@H]5C[C@H]6C[C@@H]5CN6)cc4)c4ccc(-c5ccc(C(F)(F)F)cc5)cc4c3)cc(=O)oc2c1. The topological polar surface area (TPSA) is 71.8 Å². The molecule has 1 N–H and O–H groups in total. The Labute approximate surface area is 305 Å². The number of fused-ring (bicyclic) bond motifs is 4. The summed E-state index contributed by atoms with van der Waals surface area (Å²) >= 11 is 0. The minimum atomic E-state index is -4.43. The van der Waals surface area contributed by atoms with Crippen molar-refractivity contribution in [2.24, 2.45) is 5.92 Å². The van der Waals surface area contributed by atoms with Crippen LogP contribution in [0.15, 0.2) is 112 Å². The maximum Gasteiger partial charge on any atom is 0.416 e. The summed E-state index contributed by atoms with van der Waals surface area (Å²) in [5.41, 5.74) is 5.38. The van der Waals surface area contributed by atoms with E-state index in [4.69, 9.17) is 9.15 Å². The molecule has 3 atom stereocenters. The molecule has 9 heteroatoms. The molecule has 1 saturated carbocycles. The normalized spacial score (nSPS) is 18.2. The first kappa shape index (κ1) is 34.7. The highest BCUT2D eigenvalue weighted by Crippen LogP contribution is 2.44. The Morgan fingerprint density at radius 1 is 0.830 bits per heavy atom. The summed E-state index contributed by atoms with van der Waals surface area (Å²) in [6.45, 7) is 6.62. The molecule has 2 bridgehead atoms. The van der Waals surface area contributed by atoms with Gasteiger partial charge in [0.25, 0.3) is 0 Å². The van der Waals surface area contributed by atoms with Gasteiger partial charge in [0, 0.05) is 47.9 Å². The molecule has 2 fully saturated rings. The van der Waals surface area contributed by atoms with Crippen molar-refractivity contribution in [1.82, 2.24) is 5.32 Å². The van der Waals surface area contributed by atoms with Crippen molar-refractivity contribution in [2.45, 2.75) is 51.4 Å². The van der Waals surface area contributed by atoms with E-state index in [1.54, 1.807) is 6.07 Å². The highest BCUT2D eigenvalue weighted by atomic mass is 19.4. The molecule has 1 aromatic heterocycles. The lowest BCUT2D eigenvalue weighted by atomic mass is 9.86. The van der Waals surface area contributed by atoms with Crippen molar-refractivity contribution in [3.8, 4) is 22.3 Å². The van der Waals surface area contributed by atoms with Crippen LogP contribution in [-0.4, -0.2) is 31.6 Å². The summed E-state index contributed by atoms with van der Waals surface area (Å²) in [4.78, 5) is 28.6. The Balaban J connectivity index is 1.14. The number of hydrogen-bond donors (Lipinski definition) is 1. The third kappa shape index (κ3) is 6.81. The number of anilines is 1. The molecular formula is C44H39F3N2O4. The third-order valence-corrected chi connectivity index (χ3v) is 11.0. The van der Waals surface area contributed by atoms with Crippen LogP contribution >= 0.6 is 0 Å². The second-order valence-electron chi connectivity index (χ2n) is 14.1. The monoisotopic (exact) mass is 716 g/mol. The summed E-state index contributed by atoms with van der Waals surface area (Å²) in [6.07, 6.45) is -2.08. The van der Waals surface area contributed by atoms with Crippen LogP contribution in [0.3, 0.4) is 0 Å². The average molecular weight is 717 g/mol. The first-order valence-electron chi connectivity index (χ1n) is 18.2. The molecule has 0 spiro atoms. The molecule has 1 aliphatic heterocycles. The number of halogens is 3. The number of nitrogens with one attached hydrogen (secondary N) is 1. The predicted octanol–water partition coefficient (Wildman–Crippen LogP) is 9.97. The number of carbonyl (C=O) groups excluding carboxylic acids is 1. The fourth-order valence-corrected chi connectivity index (χ4v) is 8.26. The molecule has 1 saturated heterocycles. The third-order valence-electron chi connectivity index (χ3n) is 11.0. The van der Waals surface area contributed by atoms with E-state index >= 15 is 0 Å². The zero-order valence-electron chi connectivity index (χ0n) is 29.5. The number of esters is 1. The van der Waals surface area contributed by atoms with Crippen molar-refractivity contribution in [3.63, 3.8) is 0 Å². The van der Waals surface area contributed by atoms with Gasteiger partial charge in [-0.05, 0) is 126 Å². The summed E-state index contributed by atoms with van der Waals surface area (Å²) in [6, 6.07) is 30.5. The molecule has 8 rings (SSSR count). The number of ether oxygens (including phenoxy) is 1. The lowest BCUT2D eigenvalue weighted by Crippen LogP contribution is -2.28. The molecule has 2 heterocycles. The van der Waals surface area contributed by atoms with Crippen LogP contribution in [0.5, 0.6) is 0 Å². The molecule has 0 amide bonds. The molecule has 2 aliphatic rings. The summed E-state index contributed by atoms with van der Waals surface area (Å²) < 4.78 is 51.2. The van der Waals surface area contributed by atoms with Gasteiger partial charge in [-0.15, -0.1) is 0 Å². The van der Waals surface area contributed by atoms with Crippen molar-refractivity contribution in [2.75, 3.05) is 24.5 Å². The van der Waals surface area contributed by atoms with Crippen LogP contribution in [0.1, 0.15) is 59.7 Å². The van der Waals surface area contributed by atoms with Gasteiger partial charge in [-0.3, -0.25) is 0 Å². The van der Waals surface area contributed by atoms with Crippen LogP contribution in [0.4, 0.5) is 18.9 Å². The van der Waals surface area contributed by atoms with Gasteiger partial charge in [-0.1, -0.05) is 48.5 Å². The van der Waals surface area contributed by atoms with Gasteiger partial charge in [-0.2, -0.15) is 13.2 Å². The highest BCUT2D eigenvalue weighted by Gasteiger charge is 2.40. The van der Waals surface area contributed by atoms with Gasteiger partial charge >= 0.3 is 17.8 Å². The van der Waals surface area contributed by atoms with Crippen LogP contribution in [0.25, 0.3) is 44.0 Å². The molecular weight excluding hydrogens is 677 g/mol. The van der Waals surface area contributed by atoms with Crippen LogP contribution < -0.4 is 15.8 Å². The van der Waals surface area contributed by atoms with E-state index in [2.05, 4.69) is 48.3 Å². The van der Waals surface area contributed by atoms with E-state index in [1.165, 1.54) is 30.2 Å². The molecule has 1 aliphatic carbocycles. The predicted molar refractivity (Wildman–Crippen MR) is 202 cm³/mol. The van der Waals surface area contributed by atoms with Crippen LogP contribution in [0.2, 0.25) is 0 Å². The number of hydrogen-bond acceptors (Lipinski definition) is 6. The quantitative estimate of drug-likeness (QED) is 0.119. The zero-order chi connectivity index (χ0) is 36.9. The Hall–Kier alpha value is -5.41. The summed E-state index contributed by atoms with van der Waals surface area (Å²) in [7, 11) is 0. The Morgan fingerprint density at radius 3 is 2.23 bits per heavy atom. The number of piperidine rings is 1. The van der Waals surface area contributed by atoms with E-state index in [-0.39, 0.29) is 6.61 Å². The average Bonchev–Trinajstić information content (AvgIpc) is 3.81. The molecule has 0 unspecified atom stereocenters. The molecule has 6 aromatic rings. The maximum atomic E-state index is 13.8. The smallest absolute Gasteiger partial charge is 0.416 e. The van der Waals surface area contributed by atoms with Crippen molar-refractivity contribution in [1.29, 1.82) is 0 Å². The Morgan fingerprint density at radius 2 is 1.55 bits per heavy atom. The first-order valence-corrected chi connectivity index (χ1v) is 18.2. The molecule has 6 nitrogen and oxygen atoms in total. The number of alkyl halides is 3. The first-order chi connectivity index (χ1) is 25.6. The largest absolute Gasteiger partial charge is 0.457 e. The molecule has 270 valence electrons. The van der Waals surface area contributed by atoms with E-state index < -0.39 is 23.3 Å². The number of rotatable bonds is 9. The van der Waals surface area contributed by atoms with Crippen LogP contribution in [0, 0.1) is 5.92 Å². The van der Waals surface area contributed by atoms with Crippen LogP contribution in [-0.2, 0) is 17.5 Å². The Kier molecular flexibility index (Phi) is 9.06. The standard InChI is InChI=1S/C44H39F3N2O4/c1-3-49(4-2)36-14-16-38-33(21-42(50)53-41(38)23-36)25-52-43(51)31-18-30-17-29(26-9-12-34(13-10-26)44(45,46)47)11-15-37(30)40(20-31)28-7-5-27(6-8-28)39-22-35-19-32(39)24-48-35/h5-18,20-21,23,32,35,39,48H,3-4,19,22,24-25H2,1-2H3/t32-,35-,39-/m1/s1. The van der Waals surface area contributed by atoms with E-state index in [0.717, 1.165) is 71.3 Å². The van der Waals surface area contributed by atoms with E-state index in [9.17, 15) is 22.8 Å². The minimum Gasteiger partial charge on any atom is -0.457 e. The van der Waals surface area contributed by atoms with Crippen molar-refractivity contribution < 1.29 is 27.1 Å². The maximum absolute atomic E-state index is 13.8. The zero-order valence-corrected chi connectivity index (χ0v) is 29.5. The van der Waals surface area contributed by atoms with Gasteiger partial charge in [0.05, 0.1) is 11.1 Å². The number of benzene rings is 5. The van der Waals surface area contributed by atoms with E-state index in [1.807, 2.05) is 42.5 Å². The number of carbonyl (C=O) groups is 1. The van der Waals surface area contributed by atoms with Gasteiger partial charge in [-0.25, -0.2) is 9.59 Å². The van der Waals surface area contributed by atoms with Crippen molar-refractivity contribution >= 4 is 33.4 Å². The van der Waals surface area contributed by atoms with Gasteiger partial charge in [0.15, 0.2) is 0 Å². The molecule has 5 aromatic carbocycles. The fraction of sp³-hybridized carbons (Fsp3) is 0.273. The lowest BCUT2D eigenvalue weighted by molar-refractivity contribution is -0.137. The lowest BCUT2D eigenvalue weighted by Gasteiger charge is -2.23. The van der Waals surface area contributed by atoms with Gasteiger partial charge in [0.1, 0.15) is 12.2 Å². The summed E-state index contributed by atoms with van der Waals surface area (Å²) in [5.74, 6) is 0.603. The van der Waals surface area contributed by atoms with Gasteiger partial charge < -0.3 is 19.4 Å². The van der Waals surface area contributed by atoms with Crippen molar-refractivity contribution in [3.05, 3.63) is 136 Å². The second kappa shape index (κ2) is 13.9. The molecule has 0 radical (unpaired) electrons. The second-order valence-corrected chi connectivity index (χ2v) is 14.1. The fourth-order valence-electron chi connectivity index (χ4n) is 8.26. The highest BCUT2D eigenvalue weighted by molar-refractivity contribution is 6.04. The minimum absolute atomic E-state index is 0.141. The number of nitrogens with zero attached hydrogens (tertiary/aromatic N) is 1. The van der Waals surface area contributed by atoms with E-state index in [0.29, 0.717) is 45.5 Å². The van der Waals surface area contributed by atoms with Gasteiger partial charge in [0.2, 0.25) is 0 Å². The Bertz CT molecular complexity index is 2380.